The quantitative estimate of drug-likeness (QED) is 0.359. The smallest absolute Gasteiger partial charge is 0.858 e. The van der Waals surface area contributed by atoms with E-state index in [0.717, 1.165) is 9.15 Å². The Hall–Kier alpha value is 0.496. The minimum absolute atomic E-state index is 0. The molecule has 0 fully saturated rings. The number of nitrogens with two attached hydrogens (primary N) is 1. The second-order valence-electron chi connectivity index (χ2n) is 2.73. The Labute approximate surface area is 142 Å². The first-order chi connectivity index (χ1) is 6.59. The van der Waals surface area contributed by atoms with Crippen LogP contribution in [0.2, 0.25) is 0 Å². The van der Waals surface area contributed by atoms with Gasteiger partial charge in [0.25, 0.3) is 0 Å². The minimum atomic E-state index is -0.332. The molecule has 15 heavy (non-hydrogen) atoms. The number of halogens is 1. The van der Waals surface area contributed by atoms with Gasteiger partial charge in [-0.1, -0.05) is 15.9 Å². The number of benzene rings is 1. The van der Waals surface area contributed by atoms with Crippen molar-refractivity contribution in [2.24, 2.45) is 0 Å². The van der Waals surface area contributed by atoms with E-state index >= 15 is 0 Å². The van der Waals surface area contributed by atoms with Gasteiger partial charge in [0.1, 0.15) is 0 Å². The average molecular weight is 310 g/mol. The van der Waals surface area contributed by atoms with Gasteiger partial charge >= 0.3 is 51.4 Å². The maximum Gasteiger partial charge on any atom is 1.00 e. The molecule has 2 N–H and O–H groups in total. The van der Waals surface area contributed by atoms with Crippen LogP contribution < -0.4 is 62.3 Å². The van der Waals surface area contributed by atoms with E-state index in [1.807, 2.05) is 0 Å². The van der Waals surface area contributed by atoms with Crippen molar-refractivity contribution in [3.63, 3.8) is 0 Å². The van der Waals surface area contributed by atoms with E-state index in [1.54, 1.807) is 18.2 Å². The maximum atomic E-state index is 11.6. The fourth-order valence-electron chi connectivity index (χ4n) is 1.15. The summed E-state index contributed by atoms with van der Waals surface area (Å²) in [5.41, 5.74) is 0.560. The summed E-state index contributed by atoms with van der Waals surface area (Å²) in [4.78, 5) is 4.01. The summed E-state index contributed by atoms with van der Waals surface area (Å²) in [7, 11) is 0. The molecule has 2 aromatic rings. The first kappa shape index (κ1) is 13.6. The zero-order valence-corrected chi connectivity index (χ0v) is 13.4. The Morgan fingerprint density at radius 2 is 2.13 bits per heavy atom. The molecular formula is C8H5BrKN3OS. The summed E-state index contributed by atoms with van der Waals surface area (Å²) >= 11 is 8.08. The van der Waals surface area contributed by atoms with Crippen molar-refractivity contribution >= 4 is 39.1 Å². The van der Waals surface area contributed by atoms with Gasteiger partial charge in [-0.05, 0) is 36.3 Å². The Morgan fingerprint density at radius 1 is 1.47 bits per heavy atom. The molecule has 0 amide bonds. The standard InChI is InChI=1S/C8H6BrN3OS.K/c9-4-1-2-6-5(3-4)7(13)12(10)8(14)11-6;/h1-3,13H,10H2;/q;+1/p-1. The number of rotatable bonds is 0. The fourth-order valence-corrected chi connectivity index (χ4v) is 1.69. The van der Waals surface area contributed by atoms with Gasteiger partial charge in [-0.3, -0.25) is 0 Å². The number of nitrogen functional groups attached to an aromatic ring is 1. The van der Waals surface area contributed by atoms with Crippen molar-refractivity contribution in [2.45, 2.75) is 0 Å². The van der Waals surface area contributed by atoms with Gasteiger partial charge in [-0.15, -0.1) is 0 Å². The largest absolute Gasteiger partial charge is 1.00 e. The van der Waals surface area contributed by atoms with Crippen LogP contribution in [0.1, 0.15) is 0 Å². The third-order valence-corrected chi connectivity index (χ3v) is 2.61. The molecule has 0 bridgehead atoms. The van der Waals surface area contributed by atoms with Crippen LogP contribution in [0.15, 0.2) is 22.7 Å². The molecule has 1 heterocycles. The van der Waals surface area contributed by atoms with Gasteiger partial charge in [-0.2, -0.15) is 0 Å². The predicted octanol–water partition coefficient (Wildman–Crippen LogP) is -1.68. The second kappa shape index (κ2) is 5.22. The summed E-state index contributed by atoms with van der Waals surface area (Å²) in [6.07, 6.45) is 0. The van der Waals surface area contributed by atoms with E-state index in [4.69, 9.17) is 18.1 Å². The number of nitrogens with zero attached hydrogens (tertiary/aromatic N) is 2. The Balaban J connectivity index is 0.00000112. The summed E-state index contributed by atoms with van der Waals surface area (Å²) in [6, 6.07) is 5.18. The van der Waals surface area contributed by atoms with Crippen LogP contribution in [-0.2, 0) is 0 Å². The minimum Gasteiger partial charge on any atom is -0.858 e. The van der Waals surface area contributed by atoms with E-state index in [9.17, 15) is 5.11 Å². The van der Waals surface area contributed by atoms with Crippen LogP contribution in [0.3, 0.4) is 0 Å². The molecule has 0 unspecified atom stereocenters. The summed E-state index contributed by atoms with van der Waals surface area (Å²) in [6.45, 7) is 0. The summed E-state index contributed by atoms with van der Waals surface area (Å²) in [5, 5.41) is 12.1. The molecule has 0 radical (unpaired) electrons. The first-order valence-corrected chi connectivity index (χ1v) is 4.94. The summed E-state index contributed by atoms with van der Waals surface area (Å²) < 4.78 is 1.76. The van der Waals surface area contributed by atoms with E-state index in [2.05, 4.69) is 20.9 Å². The molecule has 0 aliphatic rings. The maximum absolute atomic E-state index is 11.6. The zero-order chi connectivity index (χ0) is 10.3. The molecule has 1 aromatic heterocycles. The monoisotopic (exact) mass is 309 g/mol. The molecular weight excluding hydrogens is 305 g/mol. The van der Waals surface area contributed by atoms with Gasteiger partial charge < -0.3 is 10.9 Å². The van der Waals surface area contributed by atoms with Crippen LogP contribution in [0.25, 0.3) is 10.9 Å². The second-order valence-corrected chi connectivity index (χ2v) is 4.01. The van der Waals surface area contributed by atoms with Gasteiger partial charge in [0, 0.05) is 9.86 Å². The molecule has 7 heteroatoms. The Morgan fingerprint density at radius 3 is 2.80 bits per heavy atom. The average Bonchev–Trinajstić information content (AvgIpc) is 2.16. The van der Waals surface area contributed by atoms with Crippen molar-refractivity contribution < 1.29 is 56.5 Å². The Kier molecular flexibility index (Phi) is 4.72. The number of hydrogen-bond acceptors (Lipinski definition) is 4. The van der Waals surface area contributed by atoms with Crippen molar-refractivity contribution in [3.8, 4) is 5.88 Å². The molecule has 0 aliphatic carbocycles. The molecule has 1 aromatic carbocycles. The van der Waals surface area contributed by atoms with Crippen LogP contribution in [-0.4, -0.2) is 9.66 Å². The van der Waals surface area contributed by atoms with Crippen molar-refractivity contribution in [3.05, 3.63) is 27.4 Å². The first-order valence-electron chi connectivity index (χ1n) is 3.74. The van der Waals surface area contributed by atoms with Crippen LogP contribution in [0.4, 0.5) is 0 Å². The van der Waals surface area contributed by atoms with Gasteiger partial charge in [0.05, 0.1) is 5.52 Å². The van der Waals surface area contributed by atoms with Crippen LogP contribution in [0, 0.1) is 4.77 Å². The molecule has 0 saturated heterocycles. The van der Waals surface area contributed by atoms with E-state index in [-0.39, 0.29) is 62.0 Å². The van der Waals surface area contributed by atoms with Gasteiger partial charge in [0.2, 0.25) is 4.77 Å². The molecule has 72 valence electrons. The number of aromatic nitrogens is 2. The normalized spacial score (nSPS) is 9.93. The molecule has 0 spiro atoms. The molecule has 2 rings (SSSR count). The summed E-state index contributed by atoms with van der Waals surface area (Å²) in [5.74, 6) is 5.09. The molecule has 4 nitrogen and oxygen atoms in total. The SMILES string of the molecule is Nn1c([O-])c2cc(Br)ccc2nc1=S.[K+]. The van der Waals surface area contributed by atoms with E-state index in [1.165, 1.54) is 0 Å². The van der Waals surface area contributed by atoms with E-state index < -0.39 is 0 Å². The topological polar surface area (TPSA) is 66.9 Å². The van der Waals surface area contributed by atoms with Crippen LogP contribution in [0.5, 0.6) is 5.88 Å². The Bertz CT molecular complexity index is 572. The zero-order valence-electron chi connectivity index (χ0n) is 7.90. The van der Waals surface area contributed by atoms with E-state index in [0.29, 0.717) is 10.9 Å². The van der Waals surface area contributed by atoms with Crippen molar-refractivity contribution in [1.29, 1.82) is 0 Å². The van der Waals surface area contributed by atoms with Gasteiger partial charge in [-0.25, -0.2) is 9.66 Å². The fraction of sp³-hybridized carbons (Fsp3) is 0. The third kappa shape index (κ3) is 2.60. The van der Waals surface area contributed by atoms with Crippen molar-refractivity contribution in [1.82, 2.24) is 9.66 Å². The third-order valence-electron chi connectivity index (χ3n) is 1.83. The predicted molar refractivity (Wildman–Crippen MR) is 57.9 cm³/mol. The molecule has 0 aliphatic heterocycles. The van der Waals surface area contributed by atoms with Crippen LogP contribution >= 0.6 is 28.1 Å². The van der Waals surface area contributed by atoms with Gasteiger partial charge in [0.15, 0.2) is 0 Å². The number of hydrogen-bond donors (Lipinski definition) is 1. The number of fused-ring (bicyclic) bond motifs is 1. The molecule has 0 atom stereocenters. The molecule has 0 saturated carbocycles. The van der Waals surface area contributed by atoms with Crippen molar-refractivity contribution in [2.75, 3.05) is 5.84 Å².